The van der Waals surface area contributed by atoms with E-state index < -0.39 is 5.82 Å². The highest BCUT2D eigenvalue weighted by Crippen LogP contribution is 2.15. The lowest BCUT2D eigenvalue weighted by molar-refractivity contribution is 0.264. The summed E-state index contributed by atoms with van der Waals surface area (Å²) in [7, 11) is 3.94. The number of aromatic nitrogens is 3. The van der Waals surface area contributed by atoms with Crippen LogP contribution in [0.3, 0.4) is 0 Å². The molecule has 0 aliphatic carbocycles. The van der Waals surface area contributed by atoms with E-state index >= 15 is 0 Å². The van der Waals surface area contributed by atoms with E-state index in [-0.39, 0.29) is 12.6 Å². The molecule has 0 fully saturated rings. The number of halogens is 1. The van der Waals surface area contributed by atoms with Crippen LogP contribution < -0.4 is 5.32 Å². The van der Waals surface area contributed by atoms with Crippen molar-refractivity contribution in [3.8, 4) is 11.5 Å². The fraction of sp³-hybridized carbons (Fsp3) is 0.400. The predicted molar refractivity (Wildman–Crippen MR) is 82.9 cm³/mol. The van der Waals surface area contributed by atoms with E-state index in [0.29, 0.717) is 23.8 Å². The molecular formula is C15H20FN5O. The molecule has 0 radical (unpaired) electrons. The quantitative estimate of drug-likeness (QED) is 0.805. The number of hydrogen-bond donors (Lipinski definition) is 2. The second kappa shape index (κ2) is 7.77. The van der Waals surface area contributed by atoms with Crippen molar-refractivity contribution in [2.45, 2.75) is 12.5 Å². The largest absolute Gasteiger partial charge is 0.396 e. The van der Waals surface area contributed by atoms with Crippen molar-refractivity contribution in [3.05, 3.63) is 36.4 Å². The van der Waals surface area contributed by atoms with Gasteiger partial charge in [-0.1, -0.05) is 0 Å². The van der Waals surface area contributed by atoms with Crippen LogP contribution in [0.1, 0.15) is 6.42 Å². The summed E-state index contributed by atoms with van der Waals surface area (Å²) in [6, 6.07) is 4.70. The summed E-state index contributed by atoms with van der Waals surface area (Å²) in [4.78, 5) is 14.6. The van der Waals surface area contributed by atoms with Crippen molar-refractivity contribution in [3.63, 3.8) is 0 Å². The van der Waals surface area contributed by atoms with Crippen LogP contribution in [0, 0.1) is 5.82 Å². The van der Waals surface area contributed by atoms with Gasteiger partial charge in [-0.3, -0.25) is 0 Å². The molecule has 0 aliphatic heterocycles. The smallest absolute Gasteiger partial charge is 0.180 e. The maximum Gasteiger partial charge on any atom is 0.180 e. The molecule has 0 aliphatic rings. The molecule has 0 amide bonds. The summed E-state index contributed by atoms with van der Waals surface area (Å²) in [6.45, 7) is 0.873. The molecule has 0 spiro atoms. The first-order valence-electron chi connectivity index (χ1n) is 7.05. The molecule has 6 nitrogen and oxygen atoms in total. The van der Waals surface area contributed by atoms with Gasteiger partial charge in [0.25, 0.3) is 0 Å². The fourth-order valence-electron chi connectivity index (χ4n) is 2.09. The third kappa shape index (κ3) is 4.71. The fourth-order valence-corrected chi connectivity index (χ4v) is 2.09. The maximum absolute atomic E-state index is 12.9. The minimum Gasteiger partial charge on any atom is -0.396 e. The van der Waals surface area contributed by atoms with Gasteiger partial charge in [-0.25, -0.2) is 19.3 Å². The normalized spacial score (nSPS) is 12.4. The van der Waals surface area contributed by atoms with Crippen molar-refractivity contribution >= 4 is 5.82 Å². The highest BCUT2D eigenvalue weighted by atomic mass is 19.1. The Labute approximate surface area is 129 Å². The number of pyridine rings is 1. The second-order valence-electron chi connectivity index (χ2n) is 5.24. The maximum atomic E-state index is 12.9. The average molecular weight is 305 g/mol. The standard InChI is InChI=1S/C15H20FN5O/c1-21(2)10-12(6-8-22)19-14-5-7-17-15(20-14)13-4-3-11(16)9-18-13/h3-5,7,9,12,22H,6,8,10H2,1-2H3,(H,17,19,20). The molecule has 0 saturated heterocycles. The Kier molecular flexibility index (Phi) is 5.74. The highest BCUT2D eigenvalue weighted by molar-refractivity contribution is 5.51. The molecule has 2 N–H and O–H groups in total. The summed E-state index contributed by atoms with van der Waals surface area (Å²) in [5, 5.41) is 12.4. The Morgan fingerprint density at radius 2 is 2.09 bits per heavy atom. The van der Waals surface area contributed by atoms with E-state index in [1.165, 1.54) is 6.07 Å². The lowest BCUT2D eigenvalue weighted by atomic mass is 10.2. The van der Waals surface area contributed by atoms with Gasteiger partial charge in [-0.15, -0.1) is 0 Å². The predicted octanol–water partition coefficient (Wildman–Crippen LogP) is 1.40. The van der Waals surface area contributed by atoms with Crippen molar-refractivity contribution in [2.24, 2.45) is 0 Å². The lowest BCUT2D eigenvalue weighted by Crippen LogP contribution is -2.33. The molecule has 0 aromatic carbocycles. The van der Waals surface area contributed by atoms with Crippen LogP contribution in [0.25, 0.3) is 11.5 Å². The Balaban J connectivity index is 2.14. The molecule has 7 heteroatoms. The topological polar surface area (TPSA) is 74.2 Å². The van der Waals surface area contributed by atoms with Crippen LogP contribution in [-0.2, 0) is 0 Å². The van der Waals surface area contributed by atoms with Gasteiger partial charge in [0.2, 0.25) is 0 Å². The van der Waals surface area contributed by atoms with E-state index in [4.69, 9.17) is 5.11 Å². The zero-order valence-electron chi connectivity index (χ0n) is 12.7. The first kappa shape index (κ1) is 16.3. The number of anilines is 1. The first-order valence-corrected chi connectivity index (χ1v) is 7.05. The van der Waals surface area contributed by atoms with Crippen molar-refractivity contribution in [1.82, 2.24) is 19.9 Å². The Morgan fingerprint density at radius 3 is 2.73 bits per heavy atom. The molecular weight excluding hydrogens is 285 g/mol. The molecule has 118 valence electrons. The van der Waals surface area contributed by atoms with Gasteiger partial charge < -0.3 is 15.3 Å². The molecule has 2 aromatic rings. The van der Waals surface area contributed by atoms with E-state index in [9.17, 15) is 4.39 Å². The number of aliphatic hydroxyl groups is 1. The van der Waals surface area contributed by atoms with Crippen molar-refractivity contribution < 1.29 is 9.50 Å². The number of likely N-dealkylation sites (N-methyl/N-ethyl adjacent to an activating group) is 1. The molecule has 2 rings (SSSR count). The zero-order chi connectivity index (χ0) is 15.9. The molecule has 1 atom stereocenters. The lowest BCUT2D eigenvalue weighted by Gasteiger charge is -2.22. The van der Waals surface area contributed by atoms with Crippen LogP contribution in [0.15, 0.2) is 30.6 Å². The van der Waals surface area contributed by atoms with Crippen LogP contribution in [0.4, 0.5) is 10.2 Å². The number of nitrogens with zero attached hydrogens (tertiary/aromatic N) is 4. The Hall–Kier alpha value is -2.12. The van der Waals surface area contributed by atoms with Crippen molar-refractivity contribution in [2.75, 3.05) is 32.6 Å². The van der Waals surface area contributed by atoms with E-state index in [2.05, 4.69) is 20.3 Å². The number of aliphatic hydroxyl groups excluding tert-OH is 1. The van der Waals surface area contributed by atoms with Gasteiger partial charge in [0.1, 0.15) is 17.3 Å². The van der Waals surface area contributed by atoms with Crippen LogP contribution >= 0.6 is 0 Å². The van der Waals surface area contributed by atoms with Crippen molar-refractivity contribution in [1.29, 1.82) is 0 Å². The molecule has 0 bridgehead atoms. The SMILES string of the molecule is CN(C)CC(CCO)Nc1ccnc(-c2ccc(F)cn2)n1. The summed E-state index contributed by atoms with van der Waals surface area (Å²) < 4.78 is 12.9. The third-order valence-electron chi connectivity index (χ3n) is 3.03. The van der Waals surface area contributed by atoms with Crippen LogP contribution in [0.5, 0.6) is 0 Å². The Bertz CT molecular complexity index is 591. The van der Waals surface area contributed by atoms with Gasteiger partial charge in [0.15, 0.2) is 5.82 Å². The zero-order valence-corrected chi connectivity index (χ0v) is 12.7. The number of rotatable bonds is 7. The molecule has 2 heterocycles. The number of hydrogen-bond acceptors (Lipinski definition) is 6. The summed E-state index contributed by atoms with van der Waals surface area (Å²) in [5.41, 5.74) is 0.511. The second-order valence-corrected chi connectivity index (χ2v) is 5.24. The van der Waals surface area contributed by atoms with Gasteiger partial charge in [0, 0.05) is 25.4 Å². The van der Waals surface area contributed by atoms with Crippen LogP contribution in [0.2, 0.25) is 0 Å². The summed E-state index contributed by atoms with van der Waals surface area (Å²) in [5.74, 6) is 0.682. The number of nitrogens with one attached hydrogen (secondary N) is 1. The van der Waals surface area contributed by atoms with E-state index in [1.807, 2.05) is 19.0 Å². The highest BCUT2D eigenvalue weighted by Gasteiger charge is 2.11. The average Bonchev–Trinajstić information content (AvgIpc) is 2.48. The monoisotopic (exact) mass is 305 g/mol. The van der Waals surface area contributed by atoms with Gasteiger partial charge in [0.05, 0.1) is 6.20 Å². The summed E-state index contributed by atoms with van der Waals surface area (Å²) in [6.07, 6.45) is 3.38. The molecule has 22 heavy (non-hydrogen) atoms. The Morgan fingerprint density at radius 1 is 1.27 bits per heavy atom. The van der Waals surface area contributed by atoms with Gasteiger partial charge >= 0.3 is 0 Å². The first-order chi connectivity index (χ1) is 10.6. The van der Waals surface area contributed by atoms with Crippen LogP contribution in [-0.4, -0.2) is 58.2 Å². The van der Waals surface area contributed by atoms with Gasteiger partial charge in [-0.2, -0.15) is 0 Å². The molecule has 0 saturated carbocycles. The third-order valence-corrected chi connectivity index (χ3v) is 3.03. The van der Waals surface area contributed by atoms with E-state index in [1.54, 1.807) is 18.3 Å². The minimum absolute atomic E-state index is 0.0731. The molecule has 2 aromatic heterocycles. The molecule has 1 unspecified atom stereocenters. The summed E-state index contributed by atoms with van der Waals surface area (Å²) >= 11 is 0. The minimum atomic E-state index is -0.396. The van der Waals surface area contributed by atoms with E-state index in [0.717, 1.165) is 12.7 Å². The van der Waals surface area contributed by atoms with Gasteiger partial charge in [-0.05, 0) is 38.7 Å².